The molecule has 1 rings (SSSR count). The van der Waals surface area contributed by atoms with Crippen LogP contribution >= 0.6 is 0 Å². The van der Waals surface area contributed by atoms with E-state index < -0.39 is 0 Å². The van der Waals surface area contributed by atoms with Crippen molar-refractivity contribution < 1.29 is 4.74 Å². The van der Waals surface area contributed by atoms with Crippen LogP contribution < -0.4 is 11.1 Å². The third-order valence-electron chi connectivity index (χ3n) is 3.02. The lowest BCUT2D eigenvalue weighted by atomic mass is 9.83. The van der Waals surface area contributed by atoms with Crippen LogP contribution in [0.3, 0.4) is 0 Å². The molecule has 0 aromatic rings. The Labute approximate surface area is 87.4 Å². The second kappa shape index (κ2) is 6.38. The lowest BCUT2D eigenvalue weighted by molar-refractivity contribution is 0.130. The first-order valence-corrected chi connectivity index (χ1v) is 5.80. The van der Waals surface area contributed by atoms with Gasteiger partial charge in [-0.15, -0.1) is 0 Å². The van der Waals surface area contributed by atoms with E-state index in [0.717, 1.165) is 13.2 Å². The Balaban J connectivity index is 2.03. The predicted octanol–water partition coefficient (Wildman–Crippen LogP) is 1.27. The average molecular weight is 200 g/mol. The van der Waals surface area contributed by atoms with Gasteiger partial charge >= 0.3 is 0 Å². The van der Waals surface area contributed by atoms with Gasteiger partial charge in [-0.1, -0.05) is 19.3 Å². The van der Waals surface area contributed by atoms with E-state index in [1.165, 1.54) is 32.1 Å². The summed E-state index contributed by atoms with van der Waals surface area (Å²) in [5, 5.41) is 3.59. The highest BCUT2D eigenvalue weighted by molar-refractivity contribution is 4.85. The van der Waals surface area contributed by atoms with E-state index in [4.69, 9.17) is 10.5 Å². The Morgan fingerprint density at radius 1 is 1.21 bits per heavy atom. The molecule has 0 aromatic heterocycles. The van der Waals surface area contributed by atoms with E-state index in [2.05, 4.69) is 12.2 Å². The van der Waals surface area contributed by atoms with Gasteiger partial charge < -0.3 is 15.8 Å². The monoisotopic (exact) mass is 200 g/mol. The van der Waals surface area contributed by atoms with Gasteiger partial charge in [-0.25, -0.2) is 0 Å². The minimum absolute atomic E-state index is 0.365. The maximum atomic E-state index is 5.33. The molecule has 0 aliphatic heterocycles. The van der Waals surface area contributed by atoms with E-state index >= 15 is 0 Å². The summed E-state index contributed by atoms with van der Waals surface area (Å²) in [5.74, 6) is 0. The molecule has 1 aliphatic carbocycles. The van der Waals surface area contributed by atoms with E-state index in [1.807, 2.05) is 0 Å². The molecule has 1 fully saturated rings. The van der Waals surface area contributed by atoms with Crippen LogP contribution in [-0.4, -0.2) is 31.8 Å². The van der Waals surface area contributed by atoms with E-state index in [-0.39, 0.29) is 0 Å². The number of ether oxygens (including phenoxy) is 1. The van der Waals surface area contributed by atoms with Gasteiger partial charge in [-0.3, -0.25) is 0 Å². The molecular formula is C11H24N2O. The zero-order valence-electron chi connectivity index (χ0n) is 9.35. The maximum Gasteiger partial charge on any atom is 0.0591 e. The van der Waals surface area contributed by atoms with Crippen LogP contribution in [0.15, 0.2) is 0 Å². The van der Waals surface area contributed by atoms with Crippen LogP contribution in [0.5, 0.6) is 0 Å². The largest absolute Gasteiger partial charge is 0.379 e. The Hall–Kier alpha value is -0.120. The molecule has 0 saturated heterocycles. The van der Waals surface area contributed by atoms with Gasteiger partial charge in [0, 0.05) is 18.6 Å². The molecule has 0 spiro atoms. The van der Waals surface area contributed by atoms with E-state index in [9.17, 15) is 0 Å². The fraction of sp³-hybridized carbons (Fsp3) is 1.00. The lowest BCUT2D eigenvalue weighted by Gasteiger charge is -2.34. The normalized spacial score (nSPS) is 21.0. The Bertz CT molecular complexity index is 144. The summed E-state index contributed by atoms with van der Waals surface area (Å²) < 4.78 is 5.33. The van der Waals surface area contributed by atoms with Crippen LogP contribution in [0.2, 0.25) is 0 Å². The molecular weight excluding hydrogens is 176 g/mol. The van der Waals surface area contributed by atoms with Gasteiger partial charge in [0.1, 0.15) is 0 Å². The number of hydrogen-bond acceptors (Lipinski definition) is 3. The number of rotatable bonds is 6. The first-order valence-electron chi connectivity index (χ1n) is 5.80. The summed E-state index contributed by atoms with van der Waals surface area (Å²) in [5.41, 5.74) is 5.70. The average Bonchev–Trinajstić information content (AvgIpc) is 2.18. The Morgan fingerprint density at radius 3 is 2.57 bits per heavy atom. The SMILES string of the molecule is CC1(NCCOCCN)CCCCC1. The zero-order chi connectivity index (χ0) is 10.3. The quantitative estimate of drug-likeness (QED) is 0.635. The second-order valence-electron chi connectivity index (χ2n) is 4.45. The molecule has 3 heteroatoms. The fourth-order valence-electron chi connectivity index (χ4n) is 2.12. The summed E-state index contributed by atoms with van der Waals surface area (Å²) in [6.45, 7) is 5.37. The van der Waals surface area contributed by atoms with Crippen molar-refractivity contribution >= 4 is 0 Å². The van der Waals surface area contributed by atoms with Crippen molar-refractivity contribution in [2.24, 2.45) is 5.73 Å². The molecule has 0 atom stereocenters. The van der Waals surface area contributed by atoms with Crippen LogP contribution in [0.4, 0.5) is 0 Å². The summed E-state index contributed by atoms with van der Waals surface area (Å²) >= 11 is 0. The zero-order valence-corrected chi connectivity index (χ0v) is 9.35. The molecule has 84 valence electrons. The number of hydrogen-bond donors (Lipinski definition) is 2. The third kappa shape index (κ3) is 4.40. The molecule has 0 heterocycles. The van der Waals surface area contributed by atoms with Crippen LogP contribution in [0.1, 0.15) is 39.0 Å². The molecule has 1 aliphatic rings. The molecule has 14 heavy (non-hydrogen) atoms. The van der Waals surface area contributed by atoms with Gasteiger partial charge in [-0.2, -0.15) is 0 Å². The minimum atomic E-state index is 0.365. The molecule has 0 aromatic carbocycles. The fourth-order valence-corrected chi connectivity index (χ4v) is 2.12. The summed E-state index contributed by atoms with van der Waals surface area (Å²) in [4.78, 5) is 0. The van der Waals surface area contributed by atoms with Crippen molar-refractivity contribution in [3.05, 3.63) is 0 Å². The standard InChI is InChI=1S/C11H24N2O/c1-11(5-3-2-4-6-11)13-8-10-14-9-7-12/h13H,2-10,12H2,1H3. The highest BCUT2D eigenvalue weighted by atomic mass is 16.5. The number of nitrogens with one attached hydrogen (secondary N) is 1. The van der Waals surface area contributed by atoms with Crippen molar-refractivity contribution in [2.45, 2.75) is 44.6 Å². The summed E-state index contributed by atoms with van der Waals surface area (Å²) in [7, 11) is 0. The summed E-state index contributed by atoms with van der Waals surface area (Å²) in [6.07, 6.45) is 6.76. The smallest absolute Gasteiger partial charge is 0.0591 e. The molecule has 0 bridgehead atoms. The molecule has 0 unspecified atom stereocenters. The number of nitrogens with two attached hydrogens (primary N) is 1. The van der Waals surface area contributed by atoms with Crippen molar-refractivity contribution in [3.63, 3.8) is 0 Å². The summed E-state index contributed by atoms with van der Waals surface area (Å²) in [6, 6.07) is 0. The molecule has 3 nitrogen and oxygen atoms in total. The molecule has 0 amide bonds. The maximum absolute atomic E-state index is 5.33. The first kappa shape index (κ1) is 12.0. The van der Waals surface area contributed by atoms with E-state index in [1.54, 1.807) is 0 Å². The third-order valence-corrected chi connectivity index (χ3v) is 3.02. The molecule has 3 N–H and O–H groups in total. The Kier molecular flexibility index (Phi) is 5.45. The molecule has 1 saturated carbocycles. The van der Waals surface area contributed by atoms with Gasteiger partial charge in [0.2, 0.25) is 0 Å². The Morgan fingerprint density at radius 2 is 1.93 bits per heavy atom. The van der Waals surface area contributed by atoms with Gasteiger partial charge in [-0.05, 0) is 19.8 Å². The van der Waals surface area contributed by atoms with Gasteiger partial charge in [0.25, 0.3) is 0 Å². The molecule has 0 radical (unpaired) electrons. The van der Waals surface area contributed by atoms with Crippen molar-refractivity contribution in [2.75, 3.05) is 26.3 Å². The first-order chi connectivity index (χ1) is 6.77. The minimum Gasteiger partial charge on any atom is -0.379 e. The van der Waals surface area contributed by atoms with Gasteiger partial charge in [0.15, 0.2) is 0 Å². The van der Waals surface area contributed by atoms with Crippen molar-refractivity contribution in [3.8, 4) is 0 Å². The lowest BCUT2D eigenvalue weighted by Crippen LogP contribution is -2.45. The van der Waals surface area contributed by atoms with Crippen LogP contribution in [-0.2, 0) is 4.74 Å². The predicted molar refractivity (Wildman–Crippen MR) is 59.4 cm³/mol. The topological polar surface area (TPSA) is 47.3 Å². The van der Waals surface area contributed by atoms with Gasteiger partial charge in [0.05, 0.1) is 13.2 Å². The van der Waals surface area contributed by atoms with Crippen molar-refractivity contribution in [1.29, 1.82) is 0 Å². The highest BCUT2D eigenvalue weighted by Gasteiger charge is 2.25. The van der Waals surface area contributed by atoms with Crippen LogP contribution in [0.25, 0.3) is 0 Å². The second-order valence-corrected chi connectivity index (χ2v) is 4.45. The van der Waals surface area contributed by atoms with Crippen molar-refractivity contribution in [1.82, 2.24) is 5.32 Å². The van der Waals surface area contributed by atoms with Crippen LogP contribution in [0, 0.1) is 0 Å². The van der Waals surface area contributed by atoms with E-state index in [0.29, 0.717) is 18.7 Å². The highest BCUT2D eigenvalue weighted by Crippen LogP contribution is 2.27.